The first kappa shape index (κ1) is 19.2. The van der Waals surface area contributed by atoms with Gasteiger partial charge < -0.3 is 4.74 Å². The van der Waals surface area contributed by atoms with Gasteiger partial charge in [-0.25, -0.2) is 9.36 Å². The van der Waals surface area contributed by atoms with Gasteiger partial charge in [0, 0.05) is 5.39 Å². The van der Waals surface area contributed by atoms with Crippen LogP contribution in [0.4, 0.5) is 4.79 Å². The Morgan fingerprint density at radius 2 is 1.48 bits per heavy atom. The summed E-state index contributed by atoms with van der Waals surface area (Å²) in [7, 11) is 0. The molecule has 3 heteroatoms. The molecule has 0 bridgehead atoms. The molecule has 0 saturated heterocycles. The van der Waals surface area contributed by atoms with Crippen molar-refractivity contribution in [3.05, 3.63) is 60.2 Å². The number of benzene rings is 2. The van der Waals surface area contributed by atoms with Gasteiger partial charge in [0.25, 0.3) is 0 Å². The minimum absolute atomic E-state index is 0.0897. The number of aromatic nitrogens is 1. The Morgan fingerprint density at radius 1 is 0.889 bits per heavy atom. The Hall–Kier alpha value is -2.55. The first-order valence-electron chi connectivity index (χ1n) is 9.48. The summed E-state index contributed by atoms with van der Waals surface area (Å²) < 4.78 is 7.51. The van der Waals surface area contributed by atoms with Crippen LogP contribution in [0.2, 0.25) is 0 Å². The molecule has 0 aliphatic carbocycles. The third kappa shape index (κ3) is 4.24. The molecule has 0 atom stereocenters. The number of ether oxygens (including phenoxy) is 1. The summed E-state index contributed by atoms with van der Waals surface area (Å²) in [6, 6.07) is 18.2. The van der Waals surface area contributed by atoms with Crippen molar-refractivity contribution in [3.63, 3.8) is 0 Å². The Bertz CT molecular complexity index is 954. The van der Waals surface area contributed by atoms with Crippen LogP contribution in [0.5, 0.6) is 0 Å². The molecule has 0 saturated carbocycles. The molecule has 3 nitrogen and oxygen atoms in total. The van der Waals surface area contributed by atoms with Crippen molar-refractivity contribution in [1.29, 1.82) is 0 Å². The van der Waals surface area contributed by atoms with Crippen molar-refractivity contribution in [1.82, 2.24) is 4.57 Å². The summed E-state index contributed by atoms with van der Waals surface area (Å²) in [5, 5.41) is 1.11. The fraction of sp³-hybridized carbons (Fsp3) is 0.375. The standard InChI is InChI=1S/C24H29NO2/c1-23(2,3)16-19-18-14-10-11-15-20(18)25(22(26)27-24(4,5)6)21(19)17-12-8-7-9-13-17/h7-15H,16H2,1-6H3. The van der Waals surface area contributed by atoms with Crippen molar-refractivity contribution < 1.29 is 9.53 Å². The fourth-order valence-corrected chi connectivity index (χ4v) is 3.41. The van der Waals surface area contributed by atoms with E-state index in [0.717, 1.165) is 28.6 Å². The molecular weight excluding hydrogens is 334 g/mol. The van der Waals surface area contributed by atoms with E-state index in [1.165, 1.54) is 5.56 Å². The van der Waals surface area contributed by atoms with Gasteiger partial charge in [-0.2, -0.15) is 0 Å². The van der Waals surface area contributed by atoms with E-state index in [4.69, 9.17) is 4.74 Å². The maximum atomic E-state index is 13.2. The Labute approximate surface area is 162 Å². The number of fused-ring (bicyclic) bond motifs is 1. The molecule has 1 heterocycles. The largest absolute Gasteiger partial charge is 0.443 e. The molecule has 1 aromatic heterocycles. The van der Waals surface area contributed by atoms with Crippen molar-refractivity contribution >= 4 is 17.0 Å². The minimum Gasteiger partial charge on any atom is -0.443 e. The van der Waals surface area contributed by atoms with E-state index >= 15 is 0 Å². The van der Waals surface area contributed by atoms with Gasteiger partial charge >= 0.3 is 6.09 Å². The van der Waals surface area contributed by atoms with E-state index in [0.29, 0.717) is 0 Å². The number of carbonyl (C=O) groups excluding carboxylic acids is 1. The van der Waals surface area contributed by atoms with Gasteiger partial charge in [0.05, 0.1) is 11.2 Å². The second-order valence-corrected chi connectivity index (χ2v) is 9.26. The van der Waals surface area contributed by atoms with Crippen molar-refractivity contribution in [2.75, 3.05) is 0 Å². The Morgan fingerprint density at radius 3 is 2.07 bits per heavy atom. The number of carbonyl (C=O) groups is 1. The van der Waals surface area contributed by atoms with Crippen molar-refractivity contribution in [2.45, 2.75) is 53.6 Å². The van der Waals surface area contributed by atoms with Gasteiger partial charge in [-0.15, -0.1) is 0 Å². The van der Waals surface area contributed by atoms with Crippen LogP contribution in [0.15, 0.2) is 54.6 Å². The topological polar surface area (TPSA) is 31.2 Å². The molecule has 3 rings (SSSR count). The van der Waals surface area contributed by atoms with Gasteiger partial charge in [-0.1, -0.05) is 69.3 Å². The number of nitrogens with zero attached hydrogens (tertiary/aromatic N) is 1. The first-order valence-corrected chi connectivity index (χ1v) is 9.48. The van der Waals surface area contributed by atoms with Gasteiger partial charge in [0.15, 0.2) is 0 Å². The van der Waals surface area contributed by atoms with Crippen molar-refractivity contribution in [2.24, 2.45) is 5.41 Å². The molecule has 2 aromatic carbocycles. The Balaban J connectivity index is 2.34. The second kappa shape index (κ2) is 6.88. The number of hydrogen-bond donors (Lipinski definition) is 0. The molecule has 0 spiro atoms. The number of rotatable bonds is 2. The summed E-state index contributed by atoms with van der Waals surface area (Å²) in [5.41, 5.74) is 3.58. The van der Waals surface area contributed by atoms with Crippen LogP contribution in [0.25, 0.3) is 22.2 Å². The Kier molecular flexibility index (Phi) is 4.90. The lowest BCUT2D eigenvalue weighted by Gasteiger charge is -2.22. The van der Waals surface area contributed by atoms with Crippen molar-refractivity contribution in [3.8, 4) is 11.3 Å². The highest BCUT2D eigenvalue weighted by Crippen LogP contribution is 2.38. The minimum atomic E-state index is -0.555. The SMILES string of the molecule is CC(C)(C)Cc1c(-c2ccccc2)n(C(=O)OC(C)(C)C)c2ccccc12. The third-order valence-electron chi connectivity index (χ3n) is 4.31. The molecule has 142 valence electrons. The smallest absolute Gasteiger partial charge is 0.419 e. The zero-order chi connectivity index (χ0) is 19.8. The average molecular weight is 364 g/mol. The molecular formula is C24H29NO2. The lowest BCUT2D eigenvalue weighted by molar-refractivity contribution is 0.0547. The molecule has 0 radical (unpaired) electrons. The molecule has 0 amide bonds. The van der Waals surface area contributed by atoms with Gasteiger partial charge in [-0.05, 0) is 49.8 Å². The zero-order valence-corrected chi connectivity index (χ0v) is 17.2. The van der Waals surface area contributed by atoms with Crippen LogP contribution < -0.4 is 0 Å². The van der Waals surface area contributed by atoms with E-state index in [1.54, 1.807) is 4.57 Å². The van der Waals surface area contributed by atoms with Gasteiger partial charge in [0.2, 0.25) is 0 Å². The molecule has 0 aliphatic rings. The summed E-state index contributed by atoms with van der Waals surface area (Å²) in [6.07, 6.45) is 0.533. The maximum absolute atomic E-state index is 13.2. The predicted molar refractivity (Wildman–Crippen MR) is 112 cm³/mol. The van der Waals surface area contributed by atoms with Crippen LogP contribution in [0, 0.1) is 5.41 Å². The van der Waals surface area contributed by atoms with Crippen LogP contribution in [0.1, 0.15) is 47.1 Å². The molecule has 0 fully saturated rings. The quantitative estimate of drug-likeness (QED) is 0.508. The average Bonchev–Trinajstić information content (AvgIpc) is 2.87. The van der Waals surface area contributed by atoms with E-state index in [-0.39, 0.29) is 11.5 Å². The maximum Gasteiger partial charge on any atom is 0.419 e. The van der Waals surface area contributed by atoms with E-state index < -0.39 is 5.60 Å². The molecule has 0 N–H and O–H groups in total. The molecule has 3 aromatic rings. The van der Waals surface area contributed by atoms with Crippen LogP contribution >= 0.6 is 0 Å². The normalized spacial score (nSPS) is 12.4. The summed E-state index contributed by atoms with van der Waals surface area (Å²) >= 11 is 0. The highest BCUT2D eigenvalue weighted by atomic mass is 16.6. The lowest BCUT2D eigenvalue weighted by Crippen LogP contribution is -2.27. The summed E-state index contributed by atoms with van der Waals surface area (Å²) in [6.45, 7) is 12.4. The molecule has 27 heavy (non-hydrogen) atoms. The predicted octanol–water partition coefficient (Wildman–Crippen LogP) is 6.68. The third-order valence-corrected chi connectivity index (χ3v) is 4.31. The first-order chi connectivity index (χ1) is 12.6. The molecule has 0 aliphatic heterocycles. The monoisotopic (exact) mass is 363 g/mol. The summed E-state index contributed by atoms with van der Waals surface area (Å²) in [5.74, 6) is 0. The molecule has 0 unspecified atom stereocenters. The van der Waals surface area contributed by atoms with E-state index in [1.807, 2.05) is 57.2 Å². The number of para-hydroxylation sites is 1. The zero-order valence-electron chi connectivity index (χ0n) is 17.2. The van der Waals surface area contributed by atoms with Gasteiger partial charge in [0.1, 0.15) is 5.60 Å². The highest BCUT2D eigenvalue weighted by molar-refractivity contribution is 5.99. The second-order valence-electron chi connectivity index (χ2n) is 9.26. The summed E-state index contributed by atoms with van der Waals surface area (Å²) in [4.78, 5) is 13.2. The number of hydrogen-bond acceptors (Lipinski definition) is 2. The fourth-order valence-electron chi connectivity index (χ4n) is 3.41. The van der Waals surface area contributed by atoms with Gasteiger partial charge in [-0.3, -0.25) is 0 Å². The highest BCUT2D eigenvalue weighted by Gasteiger charge is 2.28. The van der Waals surface area contributed by atoms with E-state index in [9.17, 15) is 4.79 Å². The van der Waals surface area contributed by atoms with Crippen LogP contribution in [-0.2, 0) is 11.2 Å². The lowest BCUT2D eigenvalue weighted by atomic mass is 9.86. The van der Waals surface area contributed by atoms with E-state index in [2.05, 4.69) is 39.0 Å². The van der Waals surface area contributed by atoms with Crippen LogP contribution in [-0.4, -0.2) is 16.3 Å². The van der Waals surface area contributed by atoms with Crippen LogP contribution in [0.3, 0.4) is 0 Å².